The number of piperidine rings is 1. The molecule has 2 N–H and O–H groups in total. The number of pyridine rings is 1. The molecule has 3 rings (SSSR count). The van der Waals surface area contributed by atoms with E-state index in [2.05, 4.69) is 33.5 Å². The number of urea groups is 1. The van der Waals surface area contributed by atoms with Gasteiger partial charge in [0.1, 0.15) is 0 Å². The van der Waals surface area contributed by atoms with E-state index >= 15 is 0 Å². The first kappa shape index (κ1) is 16.5. The molecule has 0 saturated carbocycles. The summed E-state index contributed by atoms with van der Waals surface area (Å²) in [5, 5.41) is 6.00. The number of nitrogens with one attached hydrogen (secondary N) is 2. The average Bonchev–Trinajstić information content (AvgIpc) is 2.59. The number of benzene rings is 1. The van der Waals surface area contributed by atoms with Gasteiger partial charge >= 0.3 is 6.03 Å². The van der Waals surface area contributed by atoms with Crippen LogP contribution >= 0.6 is 0 Å². The molecule has 2 heterocycles. The standard InChI is InChI=1S/C19H24N4O/c1-15-13-23(14-17-9-5-6-11-20-17)12-10-18(15)22-19(24)21-16-7-3-2-4-8-16/h2-9,11,15,18H,10,12-14H2,1H3,(H2,21,22,24)/t15-,18+/m1/s1. The summed E-state index contributed by atoms with van der Waals surface area (Å²) < 4.78 is 0. The van der Waals surface area contributed by atoms with Crippen LogP contribution in [0.2, 0.25) is 0 Å². The van der Waals surface area contributed by atoms with Gasteiger partial charge in [0.25, 0.3) is 0 Å². The lowest BCUT2D eigenvalue weighted by Crippen LogP contribution is -2.50. The minimum absolute atomic E-state index is 0.128. The molecule has 1 aliphatic rings. The van der Waals surface area contributed by atoms with Crippen LogP contribution in [0.4, 0.5) is 10.5 Å². The first-order valence-corrected chi connectivity index (χ1v) is 8.45. The molecule has 0 bridgehead atoms. The zero-order valence-corrected chi connectivity index (χ0v) is 14.0. The van der Waals surface area contributed by atoms with Crippen LogP contribution < -0.4 is 10.6 Å². The van der Waals surface area contributed by atoms with Crippen molar-refractivity contribution >= 4 is 11.7 Å². The van der Waals surface area contributed by atoms with Crippen LogP contribution in [0.25, 0.3) is 0 Å². The Hall–Kier alpha value is -2.40. The van der Waals surface area contributed by atoms with Crippen molar-refractivity contribution in [2.75, 3.05) is 18.4 Å². The molecule has 1 fully saturated rings. The molecule has 24 heavy (non-hydrogen) atoms. The lowest BCUT2D eigenvalue weighted by molar-refractivity contribution is 0.142. The molecule has 2 amide bonds. The van der Waals surface area contributed by atoms with E-state index < -0.39 is 0 Å². The second-order valence-corrected chi connectivity index (χ2v) is 6.39. The summed E-state index contributed by atoms with van der Waals surface area (Å²) in [6.45, 7) is 5.00. The Kier molecular flexibility index (Phi) is 5.43. The van der Waals surface area contributed by atoms with E-state index in [1.807, 2.05) is 48.7 Å². The van der Waals surface area contributed by atoms with Crippen LogP contribution in [0.1, 0.15) is 19.0 Å². The van der Waals surface area contributed by atoms with Crippen molar-refractivity contribution in [2.45, 2.75) is 25.9 Å². The predicted octanol–water partition coefficient (Wildman–Crippen LogP) is 3.11. The van der Waals surface area contributed by atoms with Gasteiger partial charge in [-0.15, -0.1) is 0 Å². The van der Waals surface area contributed by atoms with Gasteiger partial charge in [0.2, 0.25) is 0 Å². The number of para-hydroxylation sites is 1. The fourth-order valence-electron chi connectivity index (χ4n) is 3.17. The summed E-state index contributed by atoms with van der Waals surface area (Å²) in [5.74, 6) is 0.406. The van der Waals surface area contributed by atoms with Crippen LogP contribution in [0.15, 0.2) is 54.7 Å². The molecule has 0 spiro atoms. The number of hydrogen-bond donors (Lipinski definition) is 2. The summed E-state index contributed by atoms with van der Waals surface area (Å²) in [7, 11) is 0. The quantitative estimate of drug-likeness (QED) is 0.908. The number of hydrogen-bond acceptors (Lipinski definition) is 3. The summed E-state index contributed by atoms with van der Waals surface area (Å²) in [6, 6.07) is 15.6. The number of rotatable bonds is 4. The van der Waals surface area contributed by atoms with E-state index in [0.717, 1.165) is 37.4 Å². The van der Waals surface area contributed by atoms with Crippen molar-refractivity contribution in [3.8, 4) is 0 Å². The van der Waals surface area contributed by atoms with Crippen LogP contribution in [0.3, 0.4) is 0 Å². The lowest BCUT2D eigenvalue weighted by atomic mass is 9.94. The molecule has 1 aliphatic heterocycles. The third kappa shape index (κ3) is 4.55. The smallest absolute Gasteiger partial charge is 0.319 e. The first-order valence-electron chi connectivity index (χ1n) is 8.45. The molecule has 1 saturated heterocycles. The molecule has 0 radical (unpaired) electrons. The Bertz CT molecular complexity index is 647. The maximum atomic E-state index is 12.2. The monoisotopic (exact) mass is 324 g/mol. The number of likely N-dealkylation sites (tertiary alicyclic amines) is 1. The van der Waals surface area contributed by atoms with Gasteiger partial charge in [-0.1, -0.05) is 31.2 Å². The van der Waals surface area contributed by atoms with E-state index in [0.29, 0.717) is 5.92 Å². The minimum Gasteiger partial charge on any atom is -0.335 e. The molecule has 1 aromatic carbocycles. The van der Waals surface area contributed by atoms with E-state index in [9.17, 15) is 4.79 Å². The van der Waals surface area contributed by atoms with Crippen LogP contribution in [0.5, 0.6) is 0 Å². The number of amides is 2. The Morgan fingerprint density at radius 3 is 2.71 bits per heavy atom. The highest BCUT2D eigenvalue weighted by atomic mass is 16.2. The molecule has 5 nitrogen and oxygen atoms in total. The summed E-state index contributed by atoms with van der Waals surface area (Å²) in [5.41, 5.74) is 1.91. The normalized spacial score (nSPS) is 21.2. The second kappa shape index (κ2) is 7.93. The van der Waals surface area contributed by atoms with E-state index in [-0.39, 0.29) is 12.1 Å². The third-order valence-electron chi connectivity index (χ3n) is 4.45. The SMILES string of the molecule is C[C@@H]1CN(Cc2ccccn2)CC[C@@H]1NC(=O)Nc1ccccc1. The molecule has 0 unspecified atom stereocenters. The Labute approximate surface area is 143 Å². The molecule has 0 aliphatic carbocycles. The van der Waals surface area contributed by atoms with E-state index in [4.69, 9.17) is 0 Å². The first-order chi connectivity index (χ1) is 11.7. The van der Waals surface area contributed by atoms with Crippen LogP contribution in [0, 0.1) is 5.92 Å². The summed E-state index contributed by atoms with van der Waals surface area (Å²) in [6.07, 6.45) is 2.79. The summed E-state index contributed by atoms with van der Waals surface area (Å²) in [4.78, 5) is 18.9. The van der Waals surface area contributed by atoms with Gasteiger partial charge in [-0.05, 0) is 36.6 Å². The number of carbonyl (C=O) groups excluding carboxylic acids is 1. The molecule has 5 heteroatoms. The third-order valence-corrected chi connectivity index (χ3v) is 4.45. The number of aromatic nitrogens is 1. The highest BCUT2D eigenvalue weighted by Gasteiger charge is 2.27. The Morgan fingerprint density at radius 2 is 2.00 bits per heavy atom. The lowest BCUT2D eigenvalue weighted by Gasteiger charge is -2.37. The van der Waals surface area contributed by atoms with Gasteiger partial charge in [0.15, 0.2) is 0 Å². The van der Waals surface area contributed by atoms with Crippen molar-refractivity contribution in [3.63, 3.8) is 0 Å². The maximum Gasteiger partial charge on any atom is 0.319 e. The highest BCUT2D eigenvalue weighted by molar-refractivity contribution is 5.89. The molecule has 1 aromatic heterocycles. The van der Waals surface area contributed by atoms with Crippen molar-refractivity contribution in [2.24, 2.45) is 5.92 Å². The van der Waals surface area contributed by atoms with Crippen molar-refractivity contribution in [3.05, 3.63) is 60.4 Å². The van der Waals surface area contributed by atoms with Crippen molar-refractivity contribution in [1.82, 2.24) is 15.2 Å². The molecular weight excluding hydrogens is 300 g/mol. The predicted molar refractivity (Wildman–Crippen MR) is 95.7 cm³/mol. The Morgan fingerprint density at radius 1 is 1.21 bits per heavy atom. The highest BCUT2D eigenvalue weighted by Crippen LogP contribution is 2.18. The van der Waals surface area contributed by atoms with Gasteiger partial charge in [-0.25, -0.2) is 4.79 Å². The molecule has 2 aromatic rings. The van der Waals surface area contributed by atoms with E-state index in [1.165, 1.54) is 0 Å². The molecule has 126 valence electrons. The van der Waals surface area contributed by atoms with Crippen molar-refractivity contribution in [1.29, 1.82) is 0 Å². The number of nitrogens with zero attached hydrogens (tertiary/aromatic N) is 2. The van der Waals surface area contributed by atoms with E-state index in [1.54, 1.807) is 0 Å². The van der Waals surface area contributed by atoms with Crippen LogP contribution in [-0.4, -0.2) is 35.0 Å². The largest absolute Gasteiger partial charge is 0.335 e. The van der Waals surface area contributed by atoms with Crippen molar-refractivity contribution < 1.29 is 4.79 Å². The average molecular weight is 324 g/mol. The van der Waals surface area contributed by atoms with Gasteiger partial charge in [0.05, 0.1) is 5.69 Å². The number of carbonyl (C=O) groups is 1. The molecule has 2 atom stereocenters. The minimum atomic E-state index is -0.128. The van der Waals surface area contributed by atoms with Gasteiger partial charge in [-0.2, -0.15) is 0 Å². The van der Waals surface area contributed by atoms with Gasteiger partial charge < -0.3 is 10.6 Å². The fourth-order valence-corrected chi connectivity index (χ4v) is 3.17. The zero-order chi connectivity index (χ0) is 16.8. The zero-order valence-electron chi connectivity index (χ0n) is 14.0. The number of anilines is 1. The maximum absolute atomic E-state index is 12.2. The fraction of sp³-hybridized carbons (Fsp3) is 0.368. The molecular formula is C19H24N4O. The summed E-state index contributed by atoms with van der Waals surface area (Å²) >= 11 is 0. The second-order valence-electron chi connectivity index (χ2n) is 6.39. The topological polar surface area (TPSA) is 57.3 Å². The van der Waals surface area contributed by atoms with Crippen LogP contribution in [-0.2, 0) is 6.54 Å². The van der Waals surface area contributed by atoms with Gasteiger partial charge in [-0.3, -0.25) is 9.88 Å². The van der Waals surface area contributed by atoms with Gasteiger partial charge in [0, 0.05) is 37.6 Å². The Balaban J connectivity index is 1.48.